The third-order valence-electron chi connectivity index (χ3n) is 7.83. The highest BCUT2D eigenvalue weighted by molar-refractivity contribution is 5.84. The summed E-state index contributed by atoms with van der Waals surface area (Å²) >= 11 is 0. The van der Waals surface area contributed by atoms with E-state index in [4.69, 9.17) is 4.74 Å². The SMILES string of the molecule is CN(C)CC/C=C1/c2ccccc2COc2ccccc21.CNCCCN1c2ccccc2CCc2ccccc21. The third kappa shape index (κ3) is 7.08. The predicted octanol–water partition coefficient (Wildman–Crippen LogP) is 7.50. The van der Waals surface area contributed by atoms with E-state index in [2.05, 4.69) is 126 Å². The van der Waals surface area contributed by atoms with Gasteiger partial charge in [-0.25, -0.2) is 0 Å². The van der Waals surface area contributed by atoms with Crippen molar-refractivity contribution in [3.63, 3.8) is 0 Å². The second-order valence-electron chi connectivity index (χ2n) is 11.0. The summed E-state index contributed by atoms with van der Waals surface area (Å²) in [6, 6.07) is 34.5. The molecule has 1 N–H and O–H groups in total. The standard InChI is InChI=1S/C19H21NO.C18H22N2/c1-20(2)13-7-11-17-16-9-4-3-8-15(16)14-21-19-12-6-5-10-18(17)19;1-19-13-6-14-20-17-9-4-2-7-15(17)11-12-16-8-3-5-10-18(16)20/h3-6,8-12H,7,13-14H2,1-2H3;2-5,7-10,19H,6,11-14H2,1H3/b17-11-;. The summed E-state index contributed by atoms with van der Waals surface area (Å²) in [4.78, 5) is 4.71. The van der Waals surface area contributed by atoms with E-state index in [1.807, 2.05) is 13.1 Å². The monoisotopic (exact) mass is 545 g/mol. The van der Waals surface area contributed by atoms with Crippen LogP contribution in [0.15, 0.2) is 103 Å². The predicted molar refractivity (Wildman–Crippen MR) is 173 cm³/mol. The number of hydrogen-bond acceptors (Lipinski definition) is 4. The molecule has 41 heavy (non-hydrogen) atoms. The van der Waals surface area contributed by atoms with Gasteiger partial charge in [-0.1, -0.05) is 84.9 Å². The van der Waals surface area contributed by atoms with Crippen LogP contribution in [-0.2, 0) is 19.4 Å². The topological polar surface area (TPSA) is 27.7 Å². The van der Waals surface area contributed by atoms with Gasteiger partial charge in [0.2, 0.25) is 0 Å². The highest BCUT2D eigenvalue weighted by Gasteiger charge is 2.20. The number of aryl methyl sites for hydroxylation is 2. The number of para-hydroxylation sites is 3. The minimum atomic E-state index is 0.637. The first kappa shape index (κ1) is 28.7. The van der Waals surface area contributed by atoms with Crippen LogP contribution < -0.4 is 15.0 Å². The van der Waals surface area contributed by atoms with Crippen molar-refractivity contribution < 1.29 is 4.74 Å². The van der Waals surface area contributed by atoms with Crippen molar-refractivity contribution in [1.82, 2.24) is 10.2 Å². The number of rotatable bonds is 7. The fraction of sp³-hybridized carbons (Fsp3) is 0.297. The molecule has 4 aromatic rings. The minimum Gasteiger partial charge on any atom is -0.488 e. The fourth-order valence-corrected chi connectivity index (χ4v) is 5.74. The Hall–Kier alpha value is -3.86. The van der Waals surface area contributed by atoms with E-state index >= 15 is 0 Å². The number of benzene rings is 4. The first-order valence-electron chi connectivity index (χ1n) is 14.9. The first-order valence-corrected chi connectivity index (χ1v) is 14.9. The molecular formula is C37H43N3O. The Balaban J connectivity index is 0.000000165. The fourth-order valence-electron chi connectivity index (χ4n) is 5.74. The molecule has 4 heteroatoms. The molecule has 4 aromatic carbocycles. The summed E-state index contributed by atoms with van der Waals surface area (Å²) in [5, 5.41) is 3.24. The first-order chi connectivity index (χ1) is 20.2. The molecule has 6 rings (SSSR count). The molecule has 2 heterocycles. The average Bonchev–Trinajstić information content (AvgIpc) is 3.26. The van der Waals surface area contributed by atoms with Gasteiger partial charge in [-0.15, -0.1) is 0 Å². The highest BCUT2D eigenvalue weighted by atomic mass is 16.5. The lowest BCUT2D eigenvalue weighted by Crippen LogP contribution is -2.22. The Bertz CT molecular complexity index is 1360. The quantitative estimate of drug-likeness (QED) is 0.244. The smallest absolute Gasteiger partial charge is 0.127 e. The van der Waals surface area contributed by atoms with Crippen LogP contribution >= 0.6 is 0 Å². The summed E-state index contributed by atoms with van der Waals surface area (Å²) in [5.74, 6) is 0.977. The summed E-state index contributed by atoms with van der Waals surface area (Å²) in [6.45, 7) is 3.81. The Morgan fingerprint density at radius 1 is 0.756 bits per heavy atom. The minimum absolute atomic E-state index is 0.637. The van der Waals surface area contributed by atoms with Crippen LogP contribution in [-0.4, -0.2) is 45.7 Å². The van der Waals surface area contributed by atoms with Gasteiger partial charge in [0.15, 0.2) is 0 Å². The molecule has 0 bridgehead atoms. The second-order valence-corrected chi connectivity index (χ2v) is 11.0. The number of nitrogens with zero attached hydrogens (tertiary/aromatic N) is 2. The van der Waals surface area contributed by atoms with Crippen LogP contribution in [0.3, 0.4) is 0 Å². The number of anilines is 2. The van der Waals surface area contributed by atoms with E-state index in [1.165, 1.54) is 44.8 Å². The molecule has 0 amide bonds. The Morgan fingerprint density at radius 3 is 2.00 bits per heavy atom. The maximum atomic E-state index is 5.98. The van der Waals surface area contributed by atoms with Crippen LogP contribution in [0.2, 0.25) is 0 Å². The maximum Gasteiger partial charge on any atom is 0.127 e. The summed E-state index contributed by atoms with van der Waals surface area (Å²) in [7, 11) is 6.23. The van der Waals surface area contributed by atoms with Crippen molar-refractivity contribution in [1.29, 1.82) is 0 Å². The van der Waals surface area contributed by atoms with Crippen LogP contribution in [0, 0.1) is 0 Å². The molecule has 0 saturated heterocycles. The van der Waals surface area contributed by atoms with Gasteiger partial charge < -0.3 is 19.9 Å². The van der Waals surface area contributed by atoms with E-state index in [0.717, 1.165) is 51.1 Å². The van der Waals surface area contributed by atoms with Crippen molar-refractivity contribution in [2.24, 2.45) is 0 Å². The molecule has 0 aromatic heterocycles. The van der Waals surface area contributed by atoms with Crippen molar-refractivity contribution >= 4 is 16.9 Å². The zero-order valence-corrected chi connectivity index (χ0v) is 24.8. The van der Waals surface area contributed by atoms with E-state index in [9.17, 15) is 0 Å². The molecule has 0 aliphatic carbocycles. The Labute approximate surface area is 246 Å². The molecule has 0 radical (unpaired) electrons. The van der Waals surface area contributed by atoms with E-state index in [-0.39, 0.29) is 0 Å². The molecule has 2 aliphatic rings. The molecule has 0 atom stereocenters. The average molecular weight is 546 g/mol. The Kier molecular flexibility index (Phi) is 9.90. The van der Waals surface area contributed by atoms with Crippen molar-refractivity contribution in [2.45, 2.75) is 32.3 Å². The zero-order chi connectivity index (χ0) is 28.4. The Morgan fingerprint density at radius 2 is 1.34 bits per heavy atom. The van der Waals surface area contributed by atoms with Gasteiger partial charge in [-0.05, 0) is 99.4 Å². The summed E-state index contributed by atoms with van der Waals surface area (Å²) in [5.41, 5.74) is 10.7. The van der Waals surface area contributed by atoms with Crippen LogP contribution in [0.4, 0.5) is 11.4 Å². The van der Waals surface area contributed by atoms with Gasteiger partial charge in [0.25, 0.3) is 0 Å². The van der Waals surface area contributed by atoms with Gasteiger partial charge in [0, 0.05) is 30.0 Å². The normalized spacial score (nSPS) is 14.4. The van der Waals surface area contributed by atoms with E-state index < -0.39 is 0 Å². The van der Waals surface area contributed by atoms with Gasteiger partial charge in [-0.2, -0.15) is 0 Å². The van der Waals surface area contributed by atoms with Crippen molar-refractivity contribution in [3.05, 3.63) is 131 Å². The molecule has 0 saturated carbocycles. The second kappa shape index (κ2) is 14.2. The molecule has 212 valence electrons. The summed E-state index contributed by atoms with van der Waals surface area (Å²) in [6.07, 6.45) is 6.79. The van der Waals surface area contributed by atoms with E-state index in [1.54, 1.807) is 0 Å². The van der Waals surface area contributed by atoms with Crippen LogP contribution in [0.1, 0.15) is 40.7 Å². The van der Waals surface area contributed by atoms with Gasteiger partial charge in [0.1, 0.15) is 12.4 Å². The largest absolute Gasteiger partial charge is 0.488 e. The molecule has 0 fully saturated rings. The van der Waals surface area contributed by atoms with Crippen molar-refractivity contribution in [2.75, 3.05) is 45.7 Å². The third-order valence-corrected chi connectivity index (χ3v) is 7.83. The highest BCUT2D eigenvalue weighted by Crippen LogP contribution is 2.37. The molecular weight excluding hydrogens is 502 g/mol. The lowest BCUT2D eigenvalue weighted by Gasteiger charge is -2.27. The zero-order valence-electron chi connectivity index (χ0n) is 24.8. The number of nitrogens with one attached hydrogen (secondary N) is 1. The summed E-state index contributed by atoms with van der Waals surface area (Å²) < 4.78 is 5.98. The van der Waals surface area contributed by atoms with Gasteiger partial charge >= 0.3 is 0 Å². The molecule has 2 aliphatic heterocycles. The van der Waals surface area contributed by atoms with Gasteiger partial charge in [-0.3, -0.25) is 0 Å². The van der Waals surface area contributed by atoms with Crippen LogP contribution in [0.25, 0.3) is 5.57 Å². The molecule has 0 unspecified atom stereocenters. The number of hydrogen-bond donors (Lipinski definition) is 1. The lowest BCUT2D eigenvalue weighted by atomic mass is 9.93. The number of ether oxygens (including phenoxy) is 1. The number of fused-ring (bicyclic) bond motifs is 4. The molecule has 0 spiro atoms. The van der Waals surface area contributed by atoms with E-state index in [0.29, 0.717) is 6.61 Å². The van der Waals surface area contributed by atoms with Crippen LogP contribution in [0.5, 0.6) is 5.75 Å². The lowest BCUT2D eigenvalue weighted by molar-refractivity contribution is 0.307. The van der Waals surface area contributed by atoms with Gasteiger partial charge in [0.05, 0.1) is 0 Å². The molecule has 4 nitrogen and oxygen atoms in total. The maximum absolute atomic E-state index is 5.98. The van der Waals surface area contributed by atoms with Crippen molar-refractivity contribution in [3.8, 4) is 5.75 Å².